The minimum atomic E-state index is -0.658. The molecule has 1 fully saturated rings. The van der Waals surface area contributed by atoms with Crippen LogP contribution in [0.15, 0.2) is 12.2 Å². The van der Waals surface area contributed by atoms with Crippen LogP contribution in [0.4, 0.5) is 0 Å². The Morgan fingerprint density at radius 2 is 2.07 bits per heavy atom. The highest BCUT2D eigenvalue weighted by Crippen LogP contribution is 2.59. The molecule has 1 N–H and O–H groups in total. The summed E-state index contributed by atoms with van der Waals surface area (Å²) in [6.07, 6.45) is 5.25. The maximum Gasteiger partial charge on any atom is 0.307 e. The molecule has 0 saturated heterocycles. The van der Waals surface area contributed by atoms with Crippen LogP contribution >= 0.6 is 0 Å². The van der Waals surface area contributed by atoms with Crippen molar-refractivity contribution in [2.24, 2.45) is 23.2 Å². The van der Waals surface area contributed by atoms with Crippen LogP contribution in [-0.4, -0.2) is 11.1 Å². The minimum Gasteiger partial charge on any atom is -0.481 e. The van der Waals surface area contributed by atoms with Gasteiger partial charge in [0.25, 0.3) is 0 Å². The maximum absolute atomic E-state index is 10.9. The van der Waals surface area contributed by atoms with E-state index in [4.69, 9.17) is 5.11 Å². The number of carbonyl (C=O) groups is 1. The first-order valence-corrected chi connectivity index (χ1v) is 5.26. The molecule has 2 atom stereocenters. The lowest BCUT2D eigenvalue weighted by atomic mass is 10.1. The van der Waals surface area contributed by atoms with Crippen LogP contribution in [0.5, 0.6) is 0 Å². The number of carboxylic acids is 1. The summed E-state index contributed by atoms with van der Waals surface area (Å²) in [7, 11) is 0. The Morgan fingerprint density at radius 1 is 1.50 bits per heavy atom. The maximum atomic E-state index is 10.9. The molecule has 0 aromatic carbocycles. The third-order valence-electron chi connectivity index (χ3n) is 3.13. The lowest BCUT2D eigenvalue weighted by Gasteiger charge is -1.98. The van der Waals surface area contributed by atoms with E-state index in [-0.39, 0.29) is 17.3 Å². The molecule has 1 aliphatic carbocycles. The van der Waals surface area contributed by atoms with E-state index in [9.17, 15) is 4.79 Å². The second-order valence-electron chi connectivity index (χ2n) is 5.22. The molecular formula is C12H20O2. The number of allylic oxidation sites excluding steroid dienone is 2. The highest BCUT2D eigenvalue weighted by molar-refractivity contribution is 5.76. The molecule has 2 nitrogen and oxygen atoms in total. The zero-order valence-corrected chi connectivity index (χ0v) is 9.45. The summed E-state index contributed by atoms with van der Waals surface area (Å²) in [5, 5.41) is 8.93. The van der Waals surface area contributed by atoms with Crippen LogP contribution in [0.2, 0.25) is 0 Å². The molecular weight excluding hydrogens is 176 g/mol. The fourth-order valence-corrected chi connectivity index (χ4v) is 2.01. The molecule has 80 valence electrons. The Hall–Kier alpha value is -0.790. The normalized spacial score (nSPS) is 29.8. The summed E-state index contributed by atoms with van der Waals surface area (Å²) >= 11 is 0. The first-order chi connectivity index (χ1) is 6.37. The highest BCUT2D eigenvalue weighted by Gasteiger charge is 2.60. The van der Waals surface area contributed by atoms with Gasteiger partial charge in [-0.1, -0.05) is 39.8 Å². The molecule has 1 saturated carbocycles. The molecule has 0 radical (unpaired) electrons. The van der Waals surface area contributed by atoms with Crippen molar-refractivity contribution in [3.63, 3.8) is 0 Å². The number of aliphatic carboxylic acids is 1. The van der Waals surface area contributed by atoms with Gasteiger partial charge in [0.05, 0.1) is 5.92 Å². The summed E-state index contributed by atoms with van der Waals surface area (Å²) in [6.45, 7) is 8.38. The fourth-order valence-electron chi connectivity index (χ4n) is 2.01. The van der Waals surface area contributed by atoms with Crippen molar-refractivity contribution in [3.8, 4) is 0 Å². The predicted octanol–water partition coefficient (Wildman–Crippen LogP) is 2.95. The monoisotopic (exact) mass is 196 g/mol. The van der Waals surface area contributed by atoms with Gasteiger partial charge in [-0.25, -0.2) is 0 Å². The quantitative estimate of drug-likeness (QED) is 0.702. The molecule has 14 heavy (non-hydrogen) atoms. The summed E-state index contributed by atoms with van der Waals surface area (Å²) in [5.74, 6) is 0.0512. The van der Waals surface area contributed by atoms with Gasteiger partial charge < -0.3 is 5.11 Å². The smallest absolute Gasteiger partial charge is 0.307 e. The Morgan fingerprint density at radius 3 is 2.43 bits per heavy atom. The minimum absolute atomic E-state index is 0.0423. The second kappa shape index (κ2) is 3.76. The van der Waals surface area contributed by atoms with Crippen molar-refractivity contribution in [2.75, 3.05) is 0 Å². The van der Waals surface area contributed by atoms with Crippen molar-refractivity contribution in [1.82, 2.24) is 0 Å². The van der Waals surface area contributed by atoms with Crippen LogP contribution in [0.3, 0.4) is 0 Å². The van der Waals surface area contributed by atoms with E-state index in [0.29, 0.717) is 5.92 Å². The van der Waals surface area contributed by atoms with E-state index in [2.05, 4.69) is 26.0 Å². The Labute approximate surface area is 86.0 Å². The van der Waals surface area contributed by atoms with Gasteiger partial charge in [-0.15, -0.1) is 0 Å². The van der Waals surface area contributed by atoms with Crippen LogP contribution in [0.25, 0.3) is 0 Å². The van der Waals surface area contributed by atoms with Crippen molar-refractivity contribution in [2.45, 2.75) is 34.1 Å². The third-order valence-corrected chi connectivity index (χ3v) is 3.13. The summed E-state index contributed by atoms with van der Waals surface area (Å²) in [5.41, 5.74) is -0.0423. The SMILES string of the molecule is CC(C)CC=CC1C(C(=O)O)C1(C)C. The van der Waals surface area contributed by atoms with Crippen LogP contribution < -0.4 is 0 Å². The summed E-state index contributed by atoms with van der Waals surface area (Å²) in [6, 6.07) is 0. The largest absolute Gasteiger partial charge is 0.481 e. The average molecular weight is 196 g/mol. The van der Waals surface area contributed by atoms with E-state index >= 15 is 0 Å². The van der Waals surface area contributed by atoms with E-state index < -0.39 is 5.97 Å². The molecule has 2 unspecified atom stereocenters. The standard InChI is InChI=1S/C12H20O2/c1-8(2)6-5-7-9-10(11(13)14)12(9,3)4/h5,7-10H,6H2,1-4H3,(H,13,14). The van der Waals surface area contributed by atoms with Crippen molar-refractivity contribution < 1.29 is 9.90 Å². The Kier molecular flexibility index (Phi) is 3.03. The molecule has 0 bridgehead atoms. The zero-order valence-electron chi connectivity index (χ0n) is 9.45. The number of rotatable bonds is 4. The summed E-state index contributed by atoms with van der Waals surface area (Å²) < 4.78 is 0. The first-order valence-electron chi connectivity index (χ1n) is 5.26. The van der Waals surface area contributed by atoms with Gasteiger partial charge in [-0.2, -0.15) is 0 Å². The van der Waals surface area contributed by atoms with E-state index in [1.54, 1.807) is 0 Å². The lowest BCUT2D eigenvalue weighted by molar-refractivity contribution is -0.139. The Bertz CT molecular complexity index is 251. The third kappa shape index (κ3) is 2.17. The van der Waals surface area contributed by atoms with E-state index in [0.717, 1.165) is 6.42 Å². The van der Waals surface area contributed by atoms with Crippen molar-refractivity contribution >= 4 is 5.97 Å². The number of hydrogen-bond acceptors (Lipinski definition) is 1. The summed E-state index contributed by atoms with van der Waals surface area (Å²) in [4.78, 5) is 10.9. The lowest BCUT2D eigenvalue weighted by Crippen LogP contribution is -2.02. The van der Waals surface area contributed by atoms with Crippen LogP contribution in [0, 0.1) is 23.2 Å². The van der Waals surface area contributed by atoms with Gasteiger partial charge in [0.1, 0.15) is 0 Å². The van der Waals surface area contributed by atoms with Gasteiger partial charge in [-0.05, 0) is 23.7 Å². The average Bonchev–Trinajstić information content (AvgIpc) is 2.52. The topological polar surface area (TPSA) is 37.3 Å². The Balaban J connectivity index is 2.49. The molecule has 0 aliphatic heterocycles. The predicted molar refractivity (Wildman–Crippen MR) is 57.0 cm³/mol. The van der Waals surface area contributed by atoms with Gasteiger partial charge in [0.2, 0.25) is 0 Å². The van der Waals surface area contributed by atoms with Gasteiger partial charge in [-0.3, -0.25) is 4.79 Å². The highest BCUT2D eigenvalue weighted by atomic mass is 16.4. The molecule has 0 amide bonds. The van der Waals surface area contributed by atoms with Gasteiger partial charge >= 0.3 is 5.97 Å². The molecule has 0 heterocycles. The number of hydrogen-bond donors (Lipinski definition) is 1. The van der Waals surface area contributed by atoms with Crippen molar-refractivity contribution in [3.05, 3.63) is 12.2 Å². The van der Waals surface area contributed by atoms with E-state index in [1.807, 2.05) is 13.8 Å². The van der Waals surface area contributed by atoms with Crippen molar-refractivity contribution in [1.29, 1.82) is 0 Å². The van der Waals surface area contributed by atoms with Crippen LogP contribution in [0.1, 0.15) is 34.1 Å². The van der Waals surface area contributed by atoms with E-state index in [1.165, 1.54) is 0 Å². The first kappa shape index (κ1) is 11.3. The molecule has 2 heteroatoms. The number of carboxylic acid groups (broad SMARTS) is 1. The molecule has 0 aromatic rings. The zero-order chi connectivity index (χ0) is 10.9. The molecule has 0 spiro atoms. The van der Waals surface area contributed by atoms with Crippen LogP contribution in [-0.2, 0) is 4.79 Å². The molecule has 1 aliphatic rings. The molecule has 1 rings (SSSR count). The van der Waals surface area contributed by atoms with Gasteiger partial charge in [0.15, 0.2) is 0 Å². The van der Waals surface area contributed by atoms with Gasteiger partial charge in [0, 0.05) is 0 Å². The molecule has 0 aromatic heterocycles. The fraction of sp³-hybridized carbons (Fsp3) is 0.750. The second-order valence-corrected chi connectivity index (χ2v) is 5.22.